The monoisotopic (exact) mass is 265 g/mol. The SMILES string of the molecule is CC(C)(C)OCC1(CS(N)(=O)=O)CCOCC1. The lowest BCUT2D eigenvalue weighted by atomic mass is 9.83. The number of sulfonamides is 1. The van der Waals surface area contributed by atoms with E-state index in [-0.39, 0.29) is 16.8 Å². The van der Waals surface area contributed by atoms with Crippen LogP contribution in [0, 0.1) is 5.41 Å². The molecule has 5 nitrogen and oxygen atoms in total. The molecule has 1 rings (SSSR count). The second kappa shape index (κ2) is 5.22. The minimum Gasteiger partial charge on any atom is -0.381 e. The molecule has 0 aromatic rings. The van der Waals surface area contributed by atoms with E-state index in [1.54, 1.807) is 0 Å². The lowest BCUT2D eigenvalue weighted by Gasteiger charge is -2.38. The summed E-state index contributed by atoms with van der Waals surface area (Å²) < 4.78 is 33.6. The zero-order valence-electron chi connectivity index (χ0n) is 10.9. The van der Waals surface area contributed by atoms with Crippen molar-refractivity contribution >= 4 is 10.0 Å². The van der Waals surface area contributed by atoms with Crippen LogP contribution in [0.25, 0.3) is 0 Å². The standard InChI is InChI=1S/C11H23NO4S/c1-10(2,3)16-8-11(9-17(12,13)14)4-6-15-7-5-11/h4-9H2,1-3H3,(H2,12,13,14). The van der Waals surface area contributed by atoms with Gasteiger partial charge in [-0.15, -0.1) is 0 Å². The minimum atomic E-state index is -3.49. The van der Waals surface area contributed by atoms with Crippen LogP contribution in [0.15, 0.2) is 0 Å². The van der Waals surface area contributed by atoms with Gasteiger partial charge >= 0.3 is 0 Å². The highest BCUT2D eigenvalue weighted by molar-refractivity contribution is 7.89. The van der Waals surface area contributed by atoms with Crippen LogP contribution in [0.4, 0.5) is 0 Å². The van der Waals surface area contributed by atoms with Crippen LogP contribution in [0.2, 0.25) is 0 Å². The fourth-order valence-corrected chi connectivity index (χ4v) is 3.16. The van der Waals surface area contributed by atoms with Gasteiger partial charge in [0.05, 0.1) is 18.0 Å². The molecule has 0 radical (unpaired) electrons. The number of ether oxygens (including phenoxy) is 2. The zero-order chi connectivity index (χ0) is 13.2. The molecule has 0 aromatic heterocycles. The Balaban J connectivity index is 2.72. The van der Waals surface area contributed by atoms with Gasteiger partial charge in [0.1, 0.15) is 0 Å². The van der Waals surface area contributed by atoms with Crippen molar-refractivity contribution in [3.63, 3.8) is 0 Å². The average Bonchev–Trinajstić information content (AvgIpc) is 2.13. The van der Waals surface area contributed by atoms with Gasteiger partial charge in [-0.1, -0.05) is 0 Å². The summed E-state index contributed by atoms with van der Waals surface area (Å²) in [5, 5.41) is 5.17. The van der Waals surface area contributed by atoms with E-state index in [1.165, 1.54) is 0 Å². The summed E-state index contributed by atoms with van der Waals surface area (Å²) in [6, 6.07) is 0. The first-order valence-electron chi connectivity index (χ1n) is 5.84. The Morgan fingerprint density at radius 3 is 2.24 bits per heavy atom. The molecule has 6 heteroatoms. The Bertz CT molecular complexity index is 339. The Kier molecular flexibility index (Phi) is 4.57. The first kappa shape index (κ1) is 14.9. The van der Waals surface area contributed by atoms with Crippen molar-refractivity contribution in [2.75, 3.05) is 25.6 Å². The van der Waals surface area contributed by atoms with Crippen molar-refractivity contribution in [1.82, 2.24) is 0 Å². The molecular weight excluding hydrogens is 242 g/mol. The van der Waals surface area contributed by atoms with E-state index in [4.69, 9.17) is 14.6 Å². The number of hydrogen-bond acceptors (Lipinski definition) is 4. The first-order chi connectivity index (χ1) is 7.62. The maximum Gasteiger partial charge on any atom is 0.209 e. The Labute approximate surface area is 104 Å². The lowest BCUT2D eigenvalue weighted by Crippen LogP contribution is -2.43. The summed E-state index contributed by atoms with van der Waals surface area (Å²) in [6.07, 6.45) is 1.36. The van der Waals surface area contributed by atoms with Gasteiger partial charge in [-0.2, -0.15) is 0 Å². The molecule has 102 valence electrons. The maximum absolute atomic E-state index is 11.3. The fraction of sp³-hybridized carbons (Fsp3) is 1.00. The quantitative estimate of drug-likeness (QED) is 0.818. The van der Waals surface area contributed by atoms with Gasteiger partial charge in [0.2, 0.25) is 10.0 Å². The van der Waals surface area contributed by atoms with Crippen molar-refractivity contribution < 1.29 is 17.9 Å². The molecule has 1 saturated heterocycles. The third kappa shape index (κ3) is 5.81. The number of primary sulfonamides is 1. The molecule has 0 atom stereocenters. The van der Waals surface area contributed by atoms with Crippen LogP contribution in [0.5, 0.6) is 0 Å². The van der Waals surface area contributed by atoms with Crippen molar-refractivity contribution in [2.24, 2.45) is 10.6 Å². The lowest BCUT2D eigenvalue weighted by molar-refractivity contribution is -0.0797. The highest BCUT2D eigenvalue weighted by Crippen LogP contribution is 2.33. The van der Waals surface area contributed by atoms with E-state index in [0.29, 0.717) is 32.7 Å². The van der Waals surface area contributed by atoms with Gasteiger partial charge in [0.25, 0.3) is 0 Å². The van der Waals surface area contributed by atoms with E-state index in [0.717, 1.165) is 0 Å². The van der Waals surface area contributed by atoms with Crippen LogP contribution in [-0.4, -0.2) is 39.6 Å². The number of hydrogen-bond donors (Lipinski definition) is 1. The van der Waals surface area contributed by atoms with Crippen LogP contribution in [0.3, 0.4) is 0 Å². The highest BCUT2D eigenvalue weighted by Gasteiger charge is 2.37. The molecule has 1 fully saturated rings. The third-order valence-electron chi connectivity index (χ3n) is 2.87. The van der Waals surface area contributed by atoms with Crippen molar-refractivity contribution in [1.29, 1.82) is 0 Å². The molecule has 2 N–H and O–H groups in total. The van der Waals surface area contributed by atoms with E-state index < -0.39 is 10.0 Å². The molecule has 0 bridgehead atoms. The summed E-state index contributed by atoms with van der Waals surface area (Å²) in [5.41, 5.74) is -0.664. The van der Waals surface area contributed by atoms with E-state index in [9.17, 15) is 8.42 Å². The fourth-order valence-electron chi connectivity index (χ4n) is 1.93. The summed E-state index contributed by atoms with van der Waals surface area (Å²) in [7, 11) is -3.49. The van der Waals surface area contributed by atoms with Crippen molar-refractivity contribution in [3.05, 3.63) is 0 Å². The molecule has 0 aliphatic carbocycles. The molecule has 1 aliphatic heterocycles. The van der Waals surface area contributed by atoms with Gasteiger partial charge in [-0.05, 0) is 33.6 Å². The van der Waals surface area contributed by atoms with Crippen molar-refractivity contribution in [2.45, 2.75) is 39.2 Å². The maximum atomic E-state index is 11.3. The predicted molar refractivity (Wildman–Crippen MR) is 66.2 cm³/mol. The van der Waals surface area contributed by atoms with Gasteiger partial charge < -0.3 is 9.47 Å². The summed E-state index contributed by atoms with van der Waals surface area (Å²) in [6.45, 7) is 7.42. The third-order valence-corrected chi connectivity index (χ3v) is 3.89. The van der Waals surface area contributed by atoms with Gasteiger partial charge in [-0.3, -0.25) is 0 Å². The average molecular weight is 265 g/mol. The molecule has 0 saturated carbocycles. The van der Waals surface area contributed by atoms with Crippen LogP contribution in [-0.2, 0) is 19.5 Å². The largest absolute Gasteiger partial charge is 0.381 e. The van der Waals surface area contributed by atoms with Crippen LogP contribution < -0.4 is 5.14 Å². The Hall–Kier alpha value is -0.170. The van der Waals surface area contributed by atoms with Gasteiger partial charge in [0, 0.05) is 18.6 Å². The molecule has 0 unspecified atom stereocenters. The molecule has 17 heavy (non-hydrogen) atoms. The predicted octanol–water partition coefficient (Wildman–Crippen LogP) is 0.887. The second-order valence-electron chi connectivity index (χ2n) is 5.82. The number of nitrogens with two attached hydrogens (primary N) is 1. The molecule has 1 aliphatic rings. The van der Waals surface area contributed by atoms with Gasteiger partial charge in [0.15, 0.2) is 0 Å². The second-order valence-corrected chi connectivity index (χ2v) is 7.44. The van der Waals surface area contributed by atoms with Crippen LogP contribution >= 0.6 is 0 Å². The first-order valence-corrected chi connectivity index (χ1v) is 7.56. The normalized spacial score (nSPS) is 21.4. The Morgan fingerprint density at radius 1 is 1.29 bits per heavy atom. The van der Waals surface area contributed by atoms with Gasteiger partial charge in [-0.25, -0.2) is 13.6 Å². The molecular formula is C11H23NO4S. The Morgan fingerprint density at radius 2 is 1.82 bits per heavy atom. The van der Waals surface area contributed by atoms with E-state index in [2.05, 4.69) is 0 Å². The molecule has 0 aromatic carbocycles. The summed E-state index contributed by atoms with van der Waals surface area (Å²) in [5.74, 6) is -0.0283. The van der Waals surface area contributed by atoms with E-state index in [1.807, 2.05) is 20.8 Å². The summed E-state index contributed by atoms with van der Waals surface area (Å²) >= 11 is 0. The van der Waals surface area contributed by atoms with E-state index >= 15 is 0 Å². The number of rotatable bonds is 4. The summed E-state index contributed by atoms with van der Waals surface area (Å²) in [4.78, 5) is 0. The molecule has 0 spiro atoms. The van der Waals surface area contributed by atoms with Crippen LogP contribution in [0.1, 0.15) is 33.6 Å². The molecule has 0 amide bonds. The smallest absolute Gasteiger partial charge is 0.209 e. The topological polar surface area (TPSA) is 78.6 Å². The minimum absolute atomic E-state index is 0.0283. The zero-order valence-corrected chi connectivity index (χ0v) is 11.7. The van der Waals surface area contributed by atoms with Crippen molar-refractivity contribution in [3.8, 4) is 0 Å². The highest BCUT2D eigenvalue weighted by atomic mass is 32.2. The molecule has 1 heterocycles.